The van der Waals surface area contributed by atoms with Gasteiger partial charge in [0.25, 0.3) is 0 Å². The second kappa shape index (κ2) is 8.12. The SMILES string of the molecule is CCN(CC)CC(C)NC(C)c1ccc(O)c(OC)c1. The van der Waals surface area contributed by atoms with Crippen LogP contribution >= 0.6 is 0 Å². The summed E-state index contributed by atoms with van der Waals surface area (Å²) in [4.78, 5) is 2.40. The summed E-state index contributed by atoms with van der Waals surface area (Å²) in [7, 11) is 1.57. The topological polar surface area (TPSA) is 44.7 Å². The summed E-state index contributed by atoms with van der Waals surface area (Å²) in [6.07, 6.45) is 0. The van der Waals surface area contributed by atoms with Crippen molar-refractivity contribution >= 4 is 0 Å². The van der Waals surface area contributed by atoms with Crippen LogP contribution in [0.2, 0.25) is 0 Å². The number of likely N-dealkylation sites (N-methyl/N-ethyl adjacent to an activating group) is 1. The van der Waals surface area contributed by atoms with Crippen molar-refractivity contribution < 1.29 is 9.84 Å². The van der Waals surface area contributed by atoms with Gasteiger partial charge in [-0.25, -0.2) is 0 Å². The number of methoxy groups -OCH3 is 1. The molecule has 0 spiro atoms. The summed E-state index contributed by atoms with van der Waals surface area (Å²) >= 11 is 0. The highest BCUT2D eigenvalue weighted by atomic mass is 16.5. The Balaban J connectivity index is 2.63. The molecule has 20 heavy (non-hydrogen) atoms. The number of benzene rings is 1. The van der Waals surface area contributed by atoms with Crippen LogP contribution < -0.4 is 10.1 Å². The van der Waals surface area contributed by atoms with Crippen molar-refractivity contribution in [3.8, 4) is 11.5 Å². The third-order valence-electron chi connectivity index (χ3n) is 3.66. The standard InChI is InChI=1S/C16H28N2O2/c1-6-18(7-2)11-12(3)17-13(4)14-8-9-15(19)16(10-14)20-5/h8-10,12-13,17,19H,6-7,11H2,1-5H3. The molecule has 0 saturated carbocycles. The van der Waals surface area contributed by atoms with E-state index in [9.17, 15) is 5.11 Å². The Morgan fingerprint density at radius 2 is 1.90 bits per heavy atom. The minimum absolute atomic E-state index is 0.180. The van der Waals surface area contributed by atoms with Crippen molar-refractivity contribution in [2.45, 2.75) is 39.8 Å². The van der Waals surface area contributed by atoms with Gasteiger partial charge in [0.05, 0.1) is 7.11 Å². The predicted molar refractivity (Wildman–Crippen MR) is 83.5 cm³/mol. The van der Waals surface area contributed by atoms with Crippen LogP contribution in [-0.4, -0.2) is 42.8 Å². The van der Waals surface area contributed by atoms with Crippen molar-refractivity contribution in [3.63, 3.8) is 0 Å². The quantitative estimate of drug-likeness (QED) is 0.768. The minimum atomic E-state index is 0.180. The smallest absolute Gasteiger partial charge is 0.160 e. The molecule has 1 aromatic carbocycles. The summed E-state index contributed by atoms with van der Waals surface area (Å²) in [6.45, 7) is 11.9. The van der Waals surface area contributed by atoms with Crippen LogP contribution in [0, 0.1) is 0 Å². The van der Waals surface area contributed by atoms with Gasteiger partial charge >= 0.3 is 0 Å². The molecular formula is C16H28N2O2. The number of ether oxygens (including phenoxy) is 1. The number of hydrogen-bond donors (Lipinski definition) is 2. The molecule has 2 N–H and O–H groups in total. The molecular weight excluding hydrogens is 252 g/mol. The number of nitrogens with one attached hydrogen (secondary N) is 1. The van der Waals surface area contributed by atoms with Gasteiger partial charge in [-0.05, 0) is 44.6 Å². The van der Waals surface area contributed by atoms with Gasteiger partial charge in [0.2, 0.25) is 0 Å². The number of phenolic OH excluding ortho intramolecular Hbond substituents is 1. The van der Waals surface area contributed by atoms with Crippen molar-refractivity contribution in [2.75, 3.05) is 26.7 Å². The van der Waals surface area contributed by atoms with Crippen molar-refractivity contribution in [1.82, 2.24) is 10.2 Å². The molecule has 0 heterocycles. The lowest BCUT2D eigenvalue weighted by atomic mass is 10.1. The first-order chi connectivity index (χ1) is 9.51. The van der Waals surface area contributed by atoms with Crippen LogP contribution in [0.25, 0.3) is 0 Å². The fourth-order valence-electron chi connectivity index (χ4n) is 2.41. The number of nitrogens with zero attached hydrogens (tertiary/aromatic N) is 1. The molecule has 0 aliphatic rings. The van der Waals surface area contributed by atoms with E-state index in [4.69, 9.17) is 4.74 Å². The van der Waals surface area contributed by atoms with E-state index in [1.54, 1.807) is 13.2 Å². The lowest BCUT2D eigenvalue weighted by molar-refractivity contribution is 0.263. The van der Waals surface area contributed by atoms with Crippen LogP contribution in [0.15, 0.2) is 18.2 Å². The Kier molecular flexibility index (Phi) is 6.82. The third kappa shape index (κ3) is 4.69. The largest absolute Gasteiger partial charge is 0.504 e. The molecule has 0 aliphatic heterocycles. The number of rotatable bonds is 8. The molecule has 1 rings (SSSR count). The first kappa shape index (κ1) is 16.8. The van der Waals surface area contributed by atoms with E-state index in [0.717, 1.165) is 25.2 Å². The zero-order chi connectivity index (χ0) is 15.1. The van der Waals surface area contributed by atoms with Gasteiger partial charge in [-0.2, -0.15) is 0 Å². The lowest BCUT2D eigenvalue weighted by Crippen LogP contribution is -2.40. The second-order valence-electron chi connectivity index (χ2n) is 5.21. The molecule has 114 valence electrons. The van der Waals surface area contributed by atoms with Gasteiger partial charge in [0, 0.05) is 18.6 Å². The first-order valence-corrected chi connectivity index (χ1v) is 7.37. The fourth-order valence-corrected chi connectivity index (χ4v) is 2.41. The number of hydrogen-bond acceptors (Lipinski definition) is 4. The van der Waals surface area contributed by atoms with Crippen molar-refractivity contribution in [3.05, 3.63) is 23.8 Å². The van der Waals surface area contributed by atoms with E-state index in [2.05, 4.69) is 37.9 Å². The van der Waals surface area contributed by atoms with Crippen molar-refractivity contribution in [2.24, 2.45) is 0 Å². The molecule has 1 aromatic rings. The predicted octanol–water partition coefficient (Wildman–Crippen LogP) is 2.78. The Bertz CT molecular complexity index is 405. The second-order valence-corrected chi connectivity index (χ2v) is 5.21. The average Bonchev–Trinajstić information content (AvgIpc) is 2.45. The van der Waals surface area contributed by atoms with Gasteiger partial charge in [0.15, 0.2) is 11.5 Å². The summed E-state index contributed by atoms with van der Waals surface area (Å²) in [5.74, 6) is 0.701. The van der Waals surface area contributed by atoms with Gasteiger partial charge in [-0.3, -0.25) is 0 Å². The maximum Gasteiger partial charge on any atom is 0.160 e. The van der Waals surface area contributed by atoms with E-state index >= 15 is 0 Å². The zero-order valence-corrected chi connectivity index (χ0v) is 13.3. The Morgan fingerprint density at radius 1 is 1.25 bits per heavy atom. The lowest BCUT2D eigenvalue weighted by Gasteiger charge is -2.26. The molecule has 0 radical (unpaired) electrons. The Labute approximate surface area is 122 Å². The molecule has 0 saturated heterocycles. The number of phenols is 1. The Hall–Kier alpha value is -1.26. The summed E-state index contributed by atoms with van der Waals surface area (Å²) in [5.41, 5.74) is 1.12. The highest BCUT2D eigenvalue weighted by Gasteiger charge is 2.13. The maximum absolute atomic E-state index is 9.63. The van der Waals surface area contributed by atoms with Gasteiger partial charge in [-0.15, -0.1) is 0 Å². The Morgan fingerprint density at radius 3 is 2.45 bits per heavy atom. The van der Waals surface area contributed by atoms with Crippen molar-refractivity contribution in [1.29, 1.82) is 0 Å². The van der Waals surface area contributed by atoms with Crippen LogP contribution in [-0.2, 0) is 0 Å². The molecule has 0 amide bonds. The monoisotopic (exact) mass is 280 g/mol. The summed E-state index contributed by atoms with van der Waals surface area (Å²) in [6, 6.07) is 6.12. The van der Waals surface area contributed by atoms with Crippen LogP contribution in [0.4, 0.5) is 0 Å². The van der Waals surface area contributed by atoms with Gasteiger partial charge in [-0.1, -0.05) is 19.9 Å². The molecule has 0 fully saturated rings. The van der Waals surface area contributed by atoms with Gasteiger partial charge in [0.1, 0.15) is 0 Å². The average molecular weight is 280 g/mol. The first-order valence-electron chi connectivity index (χ1n) is 7.37. The molecule has 2 unspecified atom stereocenters. The molecule has 4 nitrogen and oxygen atoms in total. The molecule has 4 heteroatoms. The molecule has 2 atom stereocenters. The highest BCUT2D eigenvalue weighted by Crippen LogP contribution is 2.28. The maximum atomic E-state index is 9.63. The molecule has 0 aromatic heterocycles. The molecule has 0 bridgehead atoms. The number of aromatic hydroxyl groups is 1. The highest BCUT2D eigenvalue weighted by molar-refractivity contribution is 5.42. The van der Waals surface area contributed by atoms with E-state index in [-0.39, 0.29) is 11.8 Å². The van der Waals surface area contributed by atoms with E-state index in [1.807, 2.05) is 12.1 Å². The van der Waals surface area contributed by atoms with E-state index < -0.39 is 0 Å². The molecule has 0 aliphatic carbocycles. The van der Waals surface area contributed by atoms with Gasteiger partial charge < -0.3 is 20.1 Å². The van der Waals surface area contributed by atoms with Crippen LogP contribution in [0.1, 0.15) is 39.3 Å². The zero-order valence-electron chi connectivity index (χ0n) is 13.3. The van der Waals surface area contributed by atoms with E-state index in [1.165, 1.54) is 0 Å². The van der Waals surface area contributed by atoms with Crippen LogP contribution in [0.3, 0.4) is 0 Å². The fraction of sp³-hybridized carbons (Fsp3) is 0.625. The van der Waals surface area contributed by atoms with Crippen LogP contribution in [0.5, 0.6) is 11.5 Å². The summed E-state index contributed by atoms with van der Waals surface area (Å²) in [5, 5.41) is 13.2. The third-order valence-corrected chi connectivity index (χ3v) is 3.66. The summed E-state index contributed by atoms with van der Waals surface area (Å²) < 4.78 is 5.15. The normalized spacial score (nSPS) is 14.3. The minimum Gasteiger partial charge on any atom is -0.504 e. The van der Waals surface area contributed by atoms with E-state index in [0.29, 0.717) is 11.8 Å².